The lowest BCUT2D eigenvalue weighted by Crippen LogP contribution is -2.03. The molecule has 29 heavy (non-hydrogen) atoms. The van der Waals surface area contributed by atoms with Gasteiger partial charge in [0.25, 0.3) is 5.69 Å². The van der Waals surface area contributed by atoms with E-state index in [1.54, 1.807) is 0 Å². The largest absolute Gasteiger partial charge is 0.318 e. The van der Waals surface area contributed by atoms with Gasteiger partial charge in [-0.05, 0) is 78.4 Å². The molecule has 0 radical (unpaired) electrons. The third kappa shape index (κ3) is 4.27. The van der Waals surface area contributed by atoms with Crippen molar-refractivity contribution in [3.05, 3.63) is 96.4 Å². The molecule has 0 N–H and O–H groups in total. The number of ketones is 1. The Hall–Kier alpha value is -3.25. The van der Waals surface area contributed by atoms with Crippen molar-refractivity contribution in [3.8, 4) is 11.8 Å². The van der Waals surface area contributed by atoms with E-state index < -0.39 is 10.7 Å². The molecule has 0 unspecified atom stereocenters. The van der Waals surface area contributed by atoms with E-state index in [-0.39, 0.29) is 16.8 Å². The smallest absolute Gasteiger partial charge is 0.270 e. The topological polar surface area (TPSA) is 88.9 Å². The number of benzene rings is 2. The van der Waals surface area contributed by atoms with Crippen LogP contribution in [0.1, 0.15) is 27.3 Å². The number of hydrogen-bond acceptors (Lipinski definition) is 4. The minimum Gasteiger partial charge on any atom is -0.318 e. The first-order valence-electron chi connectivity index (χ1n) is 8.67. The highest BCUT2D eigenvalue weighted by Crippen LogP contribution is 2.24. The summed E-state index contributed by atoms with van der Waals surface area (Å²) in [6, 6.07) is 17.3. The molecule has 0 aliphatic carbocycles. The fourth-order valence-corrected chi connectivity index (χ4v) is 3.50. The molecule has 2 aromatic carbocycles. The van der Waals surface area contributed by atoms with Crippen LogP contribution in [-0.2, 0) is 0 Å². The first-order valence-corrected chi connectivity index (χ1v) is 9.75. The van der Waals surface area contributed by atoms with Crippen LogP contribution in [0.2, 0.25) is 0 Å². The first-order chi connectivity index (χ1) is 13.8. The number of aryl methyl sites for hydroxylation is 1. The Morgan fingerprint density at radius 1 is 1.17 bits per heavy atom. The fourth-order valence-electron chi connectivity index (χ4n) is 3.14. The summed E-state index contributed by atoms with van der Waals surface area (Å²) in [7, 11) is 0. The van der Waals surface area contributed by atoms with E-state index in [4.69, 9.17) is 0 Å². The van der Waals surface area contributed by atoms with Crippen molar-refractivity contribution < 1.29 is 9.72 Å². The van der Waals surface area contributed by atoms with Crippen LogP contribution in [0.4, 0.5) is 5.69 Å². The third-order valence-corrected chi connectivity index (χ3v) is 5.26. The van der Waals surface area contributed by atoms with Crippen LogP contribution in [0.25, 0.3) is 11.8 Å². The third-order valence-electron chi connectivity index (χ3n) is 4.54. The van der Waals surface area contributed by atoms with Crippen LogP contribution in [0, 0.1) is 38.9 Å². The average Bonchev–Trinajstić information content (AvgIpc) is 2.99. The molecule has 7 heteroatoms. The SMILES string of the molecule is Cc1cc(/C=C(\C#N)C(=O)c2cccc([N+](=O)[O-])c2)c(C)n1-c1ccc(I)cc1. The van der Waals surface area contributed by atoms with E-state index in [0.717, 1.165) is 26.2 Å². The van der Waals surface area contributed by atoms with Crippen molar-refractivity contribution in [3.63, 3.8) is 0 Å². The minimum absolute atomic E-state index is 0.0756. The summed E-state index contributed by atoms with van der Waals surface area (Å²) in [5.74, 6) is -0.546. The molecular weight excluding hydrogens is 481 g/mol. The van der Waals surface area contributed by atoms with Gasteiger partial charge in [0, 0.05) is 38.3 Å². The van der Waals surface area contributed by atoms with Crippen molar-refractivity contribution in [2.24, 2.45) is 0 Å². The van der Waals surface area contributed by atoms with Gasteiger partial charge < -0.3 is 4.57 Å². The molecule has 0 aliphatic rings. The molecule has 3 aromatic rings. The number of carbonyl (C=O) groups is 1. The van der Waals surface area contributed by atoms with E-state index in [0.29, 0.717) is 0 Å². The van der Waals surface area contributed by atoms with Crippen LogP contribution in [0.5, 0.6) is 0 Å². The maximum absolute atomic E-state index is 12.7. The lowest BCUT2D eigenvalue weighted by atomic mass is 10.0. The summed E-state index contributed by atoms with van der Waals surface area (Å²) >= 11 is 2.24. The molecule has 1 heterocycles. The van der Waals surface area contributed by atoms with Gasteiger partial charge in [0.15, 0.2) is 0 Å². The molecule has 0 fully saturated rings. The highest BCUT2D eigenvalue weighted by molar-refractivity contribution is 14.1. The summed E-state index contributed by atoms with van der Waals surface area (Å²) in [6.07, 6.45) is 1.53. The Morgan fingerprint density at radius 3 is 2.48 bits per heavy atom. The number of non-ortho nitro benzene ring substituents is 1. The molecule has 0 bridgehead atoms. The zero-order valence-corrected chi connectivity index (χ0v) is 17.9. The molecule has 0 spiro atoms. The molecule has 0 amide bonds. The highest BCUT2D eigenvalue weighted by atomic mass is 127. The lowest BCUT2D eigenvalue weighted by Gasteiger charge is -2.09. The molecule has 0 saturated heterocycles. The van der Waals surface area contributed by atoms with E-state index in [9.17, 15) is 20.2 Å². The number of hydrogen-bond donors (Lipinski definition) is 0. The van der Waals surface area contributed by atoms with E-state index in [2.05, 4.69) is 27.2 Å². The Bertz CT molecular complexity index is 1190. The zero-order valence-electron chi connectivity index (χ0n) is 15.7. The molecule has 3 rings (SSSR count). The van der Waals surface area contributed by atoms with Gasteiger partial charge >= 0.3 is 0 Å². The highest BCUT2D eigenvalue weighted by Gasteiger charge is 2.17. The Balaban J connectivity index is 2.02. The number of nitriles is 1. The second-order valence-electron chi connectivity index (χ2n) is 6.44. The van der Waals surface area contributed by atoms with Crippen LogP contribution >= 0.6 is 22.6 Å². The number of halogens is 1. The average molecular weight is 497 g/mol. The van der Waals surface area contributed by atoms with Gasteiger partial charge in [-0.15, -0.1) is 0 Å². The summed E-state index contributed by atoms with van der Waals surface area (Å²) in [4.78, 5) is 23.1. The van der Waals surface area contributed by atoms with Crippen molar-refractivity contribution in [2.45, 2.75) is 13.8 Å². The quantitative estimate of drug-likeness (QED) is 0.118. The van der Waals surface area contributed by atoms with Crippen molar-refractivity contribution in [1.82, 2.24) is 4.57 Å². The molecule has 0 saturated carbocycles. The monoisotopic (exact) mass is 497 g/mol. The van der Waals surface area contributed by atoms with Gasteiger partial charge in [0.1, 0.15) is 11.6 Å². The predicted octanol–water partition coefficient (Wildman–Crippen LogP) is 5.40. The maximum Gasteiger partial charge on any atom is 0.270 e. The van der Waals surface area contributed by atoms with Gasteiger partial charge in [0.05, 0.1) is 4.92 Å². The van der Waals surface area contributed by atoms with Gasteiger partial charge in [-0.3, -0.25) is 14.9 Å². The Kier molecular flexibility index (Phi) is 5.94. The normalized spacial score (nSPS) is 11.2. The molecule has 0 aliphatic heterocycles. The Morgan fingerprint density at radius 2 is 1.86 bits per heavy atom. The van der Waals surface area contributed by atoms with E-state index in [1.807, 2.05) is 50.2 Å². The van der Waals surface area contributed by atoms with Crippen molar-refractivity contribution in [1.29, 1.82) is 5.26 Å². The lowest BCUT2D eigenvalue weighted by molar-refractivity contribution is -0.384. The van der Waals surface area contributed by atoms with E-state index in [1.165, 1.54) is 30.3 Å². The second kappa shape index (κ2) is 8.41. The standard InChI is InChI=1S/C22H16IN3O3/c1-14-10-17(15(2)25(14)20-8-6-19(23)7-9-20)11-18(13-24)22(27)16-4-3-5-21(12-16)26(28)29/h3-12H,1-2H3/b18-11+. The molecular formula is C22H16IN3O3. The molecule has 1 aromatic heterocycles. The number of nitrogens with zero attached hydrogens (tertiary/aromatic N) is 3. The number of allylic oxidation sites excluding steroid dienone is 1. The summed E-state index contributed by atoms with van der Waals surface area (Å²) in [6.45, 7) is 3.88. The van der Waals surface area contributed by atoms with Crippen molar-refractivity contribution >= 4 is 40.1 Å². The number of rotatable bonds is 5. The fraction of sp³-hybridized carbons (Fsp3) is 0.0909. The predicted molar refractivity (Wildman–Crippen MR) is 119 cm³/mol. The van der Waals surface area contributed by atoms with Gasteiger partial charge in [0.2, 0.25) is 5.78 Å². The number of nitro groups is 1. The van der Waals surface area contributed by atoms with E-state index >= 15 is 0 Å². The maximum atomic E-state index is 12.7. The minimum atomic E-state index is -0.568. The van der Waals surface area contributed by atoms with Crippen LogP contribution in [0.3, 0.4) is 0 Å². The van der Waals surface area contributed by atoms with Gasteiger partial charge in [-0.1, -0.05) is 12.1 Å². The van der Waals surface area contributed by atoms with Gasteiger partial charge in [-0.2, -0.15) is 5.26 Å². The molecule has 144 valence electrons. The molecule has 0 atom stereocenters. The molecule has 6 nitrogen and oxygen atoms in total. The first kappa shape index (κ1) is 20.5. The number of aromatic nitrogens is 1. The van der Waals surface area contributed by atoms with Crippen LogP contribution in [-0.4, -0.2) is 15.3 Å². The van der Waals surface area contributed by atoms with Crippen LogP contribution in [0.15, 0.2) is 60.2 Å². The zero-order chi connectivity index (χ0) is 21.1. The number of Topliss-reactive ketones (excluding diaryl/α,β-unsaturated/α-hetero) is 1. The number of nitro benzene ring substituents is 1. The number of carbonyl (C=O) groups excluding carboxylic acids is 1. The summed E-state index contributed by atoms with van der Waals surface area (Å²) in [5.41, 5.74) is 3.44. The summed E-state index contributed by atoms with van der Waals surface area (Å²) < 4.78 is 3.18. The second-order valence-corrected chi connectivity index (χ2v) is 7.69. The Labute approximate surface area is 181 Å². The van der Waals surface area contributed by atoms with Gasteiger partial charge in [-0.25, -0.2) is 0 Å². The summed E-state index contributed by atoms with van der Waals surface area (Å²) in [5, 5.41) is 20.5. The van der Waals surface area contributed by atoms with Crippen molar-refractivity contribution in [2.75, 3.05) is 0 Å². The van der Waals surface area contributed by atoms with Crippen LogP contribution < -0.4 is 0 Å².